The summed E-state index contributed by atoms with van der Waals surface area (Å²) >= 11 is 0. The summed E-state index contributed by atoms with van der Waals surface area (Å²) in [6.07, 6.45) is 5.59. The van der Waals surface area contributed by atoms with E-state index in [1.807, 2.05) is 6.21 Å². The topological polar surface area (TPSA) is 24.7 Å². The Kier molecular flexibility index (Phi) is 9.81. The van der Waals surface area contributed by atoms with Crippen LogP contribution < -0.4 is 0 Å². The quantitative estimate of drug-likeness (QED) is 0.523. The van der Waals surface area contributed by atoms with E-state index in [2.05, 4.69) is 48.5 Å². The van der Waals surface area contributed by atoms with Crippen molar-refractivity contribution in [2.24, 2.45) is 27.7 Å². The predicted octanol–water partition coefficient (Wildman–Crippen LogP) is 5.03. The van der Waals surface area contributed by atoms with Crippen LogP contribution in [-0.2, 0) is 0 Å². The second-order valence-electron chi connectivity index (χ2n) is 6.31. The molecule has 112 valence electrons. The van der Waals surface area contributed by atoms with Crippen molar-refractivity contribution in [3.05, 3.63) is 0 Å². The number of rotatable bonds is 9. The van der Waals surface area contributed by atoms with Crippen LogP contribution in [0.2, 0.25) is 0 Å². The predicted molar refractivity (Wildman–Crippen MR) is 88.6 cm³/mol. The van der Waals surface area contributed by atoms with Gasteiger partial charge in [0.15, 0.2) is 0 Å². The summed E-state index contributed by atoms with van der Waals surface area (Å²) < 4.78 is 0. The molecule has 0 aliphatic carbocycles. The van der Waals surface area contributed by atoms with Gasteiger partial charge in [0.25, 0.3) is 0 Å². The highest BCUT2D eigenvalue weighted by Crippen LogP contribution is 2.12. The first-order chi connectivity index (χ1) is 8.92. The Balaban J connectivity index is 4.72. The second-order valence-corrected chi connectivity index (χ2v) is 6.31. The van der Waals surface area contributed by atoms with E-state index in [0.717, 1.165) is 12.3 Å². The van der Waals surface area contributed by atoms with Gasteiger partial charge >= 0.3 is 0 Å². The molecule has 0 N–H and O–H groups in total. The van der Waals surface area contributed by atoms with Gasteiger partial charge in [-0.2, -0.15) is 0 Å². The molecule has 0 aromatic carbocycles. The number of hydrogen-bond acceptors (Lipinski definition) is 2. The minimum absolute atomic E-state index is 0.442. The molecule has 0 aromatic heterocycles. The average Bonchev–Trinajstić information content (AvgIpc) is 2.36. The van der Waals surface area contributed by atoms with E-state index < -0.39 is 0 Å². The third-order valence-corrected chi connectivity index (χ3v) is 3.63. The highest BCUT2D eigenvalue weighted by Gasteiger charge is 2.11. The van der Waals surface area contributed by atoms with Crippen molar-refractivity contribution in [1.29, 1.82) is 0 Å². The maximum absolute atomic E-state index is 4.78. The standard InChI is InChI=1S/C17H34N2/c1-8-10-16(13(3)4)19-12-17(14(5)6)18-11-15(7)9-2/h12-16H,8-11H2,1-7H3. The van der Waals surface area contributed by atoms with Crippen molar-refractivity contribution in [1.82, 2.24) is 0 Å². The van der Waals surface area contributed by atoms with Crippen LogP contribution in [0.15, 0.2) is 9.98 Å². The zero-order valence-corrected chi connectivity index (χ0v) is 14.1. The van der Waals surface area contributed by atoms with E-state index in [9.17, 15) is 0 Å². The Hall–Kier alpha value is -0.660. The molecule has 0 rings (SSSR count). The maximum Gasteiger partial charge on any atom is 0.0551 e. The summed E-state index contributed by atoms with van der Waals surface area (Å²) in [5, 5.41) is 0. The van der Waals surface area contributed by atoms with Crippen molar-refractivity contribution >= 4 is 11.9 Å². The van der Waals surface area contributed by atoms with Crippen LogP contribution in [0, 0.1) is 17.8 Å². The Morgan fingerprint density at radius 2 is 1.68 bits per heavy atom. The van der Waals surface area contributed by atoms with Crippen LogP contribution in [0.25, 0.3) is 0 Å². The summed E-state index contributed by atoms with van der Waals surface area (Å²) in [6.45, 7) is 16.5. The largest absolute Gasteiger partial charge is 0.288 e. The van der Waals surface area contributed by atoms with Gasteiger partial charge in [-0.15, -0.1) is 0 Å². The lowest BCUT2D eigenvalue weighted by molar-refractivity contribution is 0.464. The Morgan fingerprint density at radius 1 is 1.05 bits per heavy atom. The lowest BCUT2D eigenvalue weighted by atomic mass is 10.00. The lowest BCUT2D eigenvalue weighted by Gasteiger charge is -2.16. The van der Waals surface area contributed by atoms with Gasteiger partial charge in [-0.3, -0.25) is 9.98 Å². The van der Waals surface area contributed by atoms with Crippen molar-refractivity contribution < 1.29 is 0 Å². The smallest absolute Gasteiger partial charge is 0.0551 e. The van der Waals surface area contributed by atoms with Crippen molar-refractivity contribution in [3.8, 4) is 0 Å². The molecule has 0 heterocycles. The summed E-state index contributed by atoms with van der Waals surface area (Å²) in [5.74, 6) is 1.74. The molecule has 0 aliphatic heterocycles. The van der Waals surface area contributed by atoms with Crippen LogP contribution >= 0.6 is 0 Å². The molecule has 0 radical (unpaired) electrons. The number of nitrogens with zero attached hydrogens (tertiary/aromatic N) is 2. The van der Waals surface area contributed by atoms with Crippen LogP contribution in [0.5, 0.6) is 0 Å². The average molecular weight is 266 g/mol. The number of aliphatic imine (C=N–C) groups is 2. The first-order valence-electron chi connectivity index (χ1n) is 7.99. The van der Waals surface area contributed by atoms with Crippen LogP contribution in [0.1, 0.15) is 67.7 Å². The zero-order valence-electron chi connectivity index (χ0n) is 14.1. The van der Waals surface area contributed by atoms with Gasteiger partial charge in [0.05, 0.1) is 11.8 Å². The molecule has 0 aliphatic rings. The van der Waals surface area contributed by atoms with E-state index in [1.54, 1.807) is 0 Å². The molecule has 0 bridgehead atoms. The van der Waals surface area contributed by atoms with Crippen molar-refractivity contribution in [3.63, 3.8) is 0 Å². The molecule has 2 heteroatoms. The summed E-state index contributed by atoms with van der Waals surface area (Å²) in [5.41, 5.74) is 1.15. The molecule has 2 atom stereocenters. The fourth-order valence-electron chi connectivity index (χ4n) is 1.81. The van der Waals surface area contributed by atoms with Gasteiger partial charge in [-0.25, -0.2) is 0 Å². The Labute approximate surface area is 120 Å². The SMILES string of the molecule is CCCC(N=CC(=NCC(C)CC)C(C)C)C(C)C. The van der Waals surface area contributed by atoms with Gasteiger partial charge in [0.2, 0.25) is 0 Å². The van der Waals surface area contributed by atoms with E-state index in [-0.39, 0.29) is 0 Å². The summed E-state index contributed by atoms with van der Waals surface area (Å²) in [7, 11) is 0. The minimum atomic E-state index is 0.442. The molecule has 2 nitrogen and oxygen atoms in total. The van der Waals surface area contributed by atoms with Gasteiger partial charge in [0.1, 0.15) is 0 Å². The molecule has 0 spiro atoms. The van der Waals surface area contributed by atoms with Crippen LogP contribution in [0.4, 0.5) is 0 Å². The van der Waals surface area contributed by atoms with E-state index in [1.165, 1.54) is 19.3 Å². The van der Waals surface area contributed by atoms with Gasteiger partial charge in [-0.05, 0) is 24.2 Å². The second kappa shape index (κ2) is 10.2. The van der Waals surface area contributed by atoms with E-state index in [4.69, 9.17) is 9.98 Å². The highest BCUT2D eigenvalue weighted by molar-refractivity contribution is 6.31. The van der Waals surface area contributed by atoms with Crippen molar-refractivity contribution in [2.45, 2.75) is 73.8 Å². The molecule has 0 aromatic rings. The zero-order chi connectivity index (χ0) is 14.8. The monoisotopic (exact) mass is 266 g/mol. The van der Waals surface area contributed by atoms with Crippen LogP contribution in [0.3, 0.4) is 0 Å². The van der Waals surface area contributed by atoms with Gasteiger partial charge in [0, 0.05) is 12.8 Å². The summed E-state index contributed by atoms with van der Waals surface area (Å²) in [4.78, 5) is 9.54. The molecule has 0 fully saturated rings. The Morgan fingerprint density at radius 3 is 2.11 bits per heavy atom. The van der Waals surface area contributed by atoms with Gasteiger partial charge in [-0.1, -0.05) is 61.3 Å². The molecule has 2 unspecified atom stereocenters. The third-order valence-electron chi connectivity index (χ3n) is 3.63. The van der Waals surface area contributed by atoms with E-state index in [0.29, 0.717) is 23.8 Å². The molecular weight excluding hydrogens is 232 g/mol. The first kappa shape index (κ1) is 18.3. The maximum atomic E-state index is 4.78. The molecule has 0 amide bonds. The molecule has 0 saturated carbocycles. The first-order valence-corrected chi connectivity index (χ1v) is 7.99. The number of hydrogen-bond donors (Lipinski definition) is 0. The van der Waals surface area contributed by atoms with E-state index >= 15 is 0 Å². The fourth-order valence-corrected chi connectivity index (χ4v) is 1.81. The van der Waals surface area contributed by atoms with Crippen LogP contribution in [-0.4, -0.2) is 24.5 Å². The molecular formula is C17H34N2. The Bertz CT molecular complexity index is 277. The fraction of sp³-hybridized carbons (Fsp3) is 0.882. The summed E-state index contributed by atoms with van der Waals surface area (Å²) in [6, 6.07) is 0.442. The van der Waals surface area contributed by atoms with Gasteiger partial charge < -0.3 is 0 Å². The lowest BCUT2D eigenvalue weighted by Crippen LogP contribution is -2.17. The molecule has 0 saturated heterocycles. The van der Waals surface area contributed by atoms with Crippen molar-refractivity contribution in [2.75, 3.05) is 6.54 Å². The highest BCUT2D eigenvalue weighted by atomic mass is 14.8. The minimum Gasteiger partial charge on any atom is -0.288 e. The normalized spacial score (nSPS) is 16.6. The third kappa shape index (κ3) is 8.18. The molecule has 19 heavy (non-hydrogen) atoms.